The molecule has 0 amide bonds. The monoisotopic (exact) mass is 258 g/mol. The van der Waals surface area contributed by atoms with Gasteiger partial charge in [-0.05, 0) is 38.7 Å². The molecule has 1 aromatic rings. The van der Waals surface area contributed by atoms with Crippen LogP contribution in [0.25, 0.3) is 0 Å². The van der Waals surface area contributed by atoms with Crippen LogP contribution in [-0.4, -0.2) is 47.8 Å². The zero-order chi connectivity index (χ0) is 11.5. The molecule has 90 valence electrons. The lowest BCUT2D eigenvalue weighted by Gasteiger charge is -2.29. The van der Waals surface area contributed by atoms with Gasteiger partial charge < -0.3 is 9.80 Å². The maximum atomic E-state index is 5.10. The van der Waals surface area contributed by atoms with Gasteiger partial charge in [0.25, 0.3) is 0 Å². The lowest BCUT2D eigenvalue weighted by molar-refractivity contribution is 0.328. The summed E-state index contributed by atoms with van der Waals surface area (Å²) < 4.78 is 0.766. The van der Waals surface area contributed by atoms with Gasteiger partial charge in [-0.3, -0.25) is 5.10 Å². The predicted molar refractivity (Wildman–Crippen MR) is 70.8 cm³/mol. The lowest BCUT2D eigenvalue weighted by Crippen LogP contribution is -2.39. The van der Waals surface area contributed by atoms with Crippen LogP contribution in [0.3, 0.4) is 0 Å². The third-order valence-corrected chi connectivity index (χ3v) is 4.17. The van der Waals surface area contributed by atoms with E-state index in [1.165, 1.54) is 13.0 Å². The Labute approximate surface area is 105 Å². The molecule has 0 aromatic carbocycles. The summed E-state index contributed by atoms with van der Waals surface area (Å²) in [5, 5.41) is 8.22. The van der Waals surface area contributed by atoms with Gasteiger partial charge in [-0.25, -0.2) is 0 Å². The van der Waals surface area contributed by atoms with Gasteiger partial charge >= 0.3 is 0 Å². The fraction of sp³-hybridized carbons (Fsp3) is 0.800. The number of nitrogens with zero attached hydrogens (tertiary/aromatic N) is 3. The first-order chi connectivity index (χ1) is 7.70. The van der Waals surface area contributed by atoms with Crippen LogP contribution in [-0.2, 0) is 0 Å². The molecule has 1 fully saturated rings. The van der Waals surface area contributed by atoms with Crippen molar-refractivity contribution in [3.63, 3.8) is 0 Å². The van der Waals surface area contributed by atoms with Crippen molar-refractivity contribution >= 4 is 28.7 Å². The van der Waals surface area contributed by atoms with E-state index in [1.807, 2.05) is 0 Å². The third-order valence-electron chi connectivity index (χ3n) is 3.05. The second kappa shape index (κ2) is 5.25. The van der Waals surface area contributed by atoms with Crippen LogP contribution in [0.5, 0.6) is 0 Å². The van der Waals surface area contributed by atoms with Gasteiger partial charge in [-0.15, -0.1) is 5.10 Å². The van der Waals surface area contributed by atoms with E-state index in [0.717, 1.165) is 28.6 Å². The summed E-state index contributed by atoms with van der Waals surface area (Å²) in [6.45, 7) is 5.60. The molecule has 2 heterocycles. The van der Waals surface area contributed by atoms with Crippen molar-refractivity contribution in [3.05, 3.63) is 3.95 Å². The molecule has 1 unspecified atom stereocenters. The van der Waals surface area contributed by atoms with Crippen LogP contribution in [0.4, 0.5) is 5.13 Å². The topological polar surface area (TPSA) is 35.2 Å². The summed E-state index contributed by atoms with van der Waals surface area (Å²) in [4.78, 5) is 4.81. The molecule has 1 aromatic heterocycles. The Morgan fingerprint density at radius 1 is 1.56 bits per heavy atom. The fourth-order valence-electron chi connectivity index (χ4n) is 2.19. The number of nitrogens with one attached hydrogen (secondary N) is 1. The summed E-state index contributed by atoms with van der Waals surface area (Å²) in [6.07, 6.45) is 2.34. The van der Waals surface area contributed by atoms with Crippen LogP contribution in [0.2, 0.25) is 0 Å². The number of likely N-dealkylation sites (N-methyl/N-ethyl adjacent to an activating group) is 1. The molecule has 16 heavy (non-hydrogen) atoms. The molecule has 1 N–H and O–H groups in total. The normalized spacial score (nSPS) is 23.4. The second-order valence-corrected chi connectivity index (χ2v) is 5.91. The minimum atomic E-state index is 0.557. The Kier molecular flexibility index (Phi) is 3.94. The van der Waals surface area contributed by atoms with Gasteiger partial charge in [0.1, 0.15) is 0 Å². The van der Waals surface area contributed by atoms with Gasteiger partial charge in [0.05, 0.1) is 0 Å². The number of aromatic nitrogens is 2. The van der Waals surface area contributed by atoms with Gasteiger partial charge in [-0.1, -0.05) is 18.3 Å². The van der Waals surface area contributed by atoms with Crippen LogP contribution >= 0.6 is 23.6 Å². The minimum Gasteiger partial charge on any atom is -0.342 e. The highest BCUT2D eigenvalue weighted by Crippen LogP contribution is 2.23. The van der Waals surface area contributed by atoms with Crippen molar-refractivity contribution in [2.24, 2.45) is 0 Å². The Balaban J connectivity index is 2.20. The molecular formula is C10H18N4S2. The van der Waals surface area contributed by atoms with E-state index >= 15 is 0 Å². The number of H-pyrrole nitrogens is 1. The summed E-state index contributed by atoms with van der Waals surface area (Å²) in [7, 11) is 2.19. The highest BCUT2D eigenvalue weighted by atomic mass is 32.1. The quantitative estimate of drug-likeness (QED) is 0.824. The minimum absolute atomic E-state index is 0.557. The zero-order valence-corrected chi connectivity index (χ0v) is 11.4. The van der Waals surface area contributed by atoms with E-state index in [4.69, 9.17) is 12.2 Å². The maximum absolute atomic E-state index is 5.10. The highest BCUT2D eigenvalue weighted by Gasteiger charge is 2.23. The zero-order valence-electron chi connectivity index (χ0n) is 9.77. The summed E-state index contributed by atoms with van der Waals surface area (Å²) >= 11 is 6.68. The predicted octanol–water partition coefficient (Wildman–Crippen LogP) is 2.12. The van der Waals surface area contributed by atoms with Crippen LogP contribution in [0.15, 0.2) is 0 Å². The second-order valence-electron chi connectivity index (χ2n) is 4.27. The van der Waals surface area contributed by atoms with E-state index in [2.05, 4.69) is 34.0 Å². The van der Waals surface area contributed by atoms with Crippen molar-refractivity contribution in [1.82, 2.24) is 15.1 Å². The SMILES string of the molecule is CCC1CN(C)CCCN1c1n[nH]c(=S)s1. The van der Waals surface area contributed by atoms with Crippen LogP contribution < -0.4 is 4.90 Å². The van der Waals surface area contributed by atoms with Gasteiger partial charge in [0.15, 0.2) is 3.95 Å². The van der Waals surface area contributed by atoms with Crippen molar-refractivity contribution in [2.45, 2.75) is 25.8 Å². The van der Waals surface area contributed by atoms with Crippen molar-refractivity contribution in [2.75, 3.05) is 31.6 Å². The first-order valence-corrected chi connectivity index (χ1v) is 6.94. The van der Waals surface area contributed by atoms with Gasteiger partial charge in [-0.2, -0.15) is 0 Å². The largest absolute Gasteiger partial charge is 0.342 e. The molecule has 1 aliphatic rings. The summed E-state index contributed by atoms with van der Waals surface area (Å²) in [5.41, 5.74) is 0. The molecule has 1 saturated heterocycles. The van der Waals surface area contributed by atoms with Crippen molar-refractivity contribution < 1.29 is 0 Å². The Morgan fingerprint density at radius 3 is 3.00 bits per heavy atom. The van der Waals surface area contributed by atoms with Gasteiger partial charge in [0, 0.05) is 19.1 Å². The molecule has 2 rings (SSSR count). The van der Waals surface area contributed by atoms with E-state index in [9.17, 15) is 0 Å². The van der Waals surface area contributed by atoms with E-state index in [1.54, 1.807) is 11.3 Å². The molecule has 0 bridgehead atoms. The average molecular weight is 258 g/mol. The van der Waals surface area contributed by atoms with E-state index in [-0.39, 0.29) is 0 Å². The smallest absolute Gasteiger partial charge is 0.207 e. The molecule has 6 heteroatoms. The lowest BCUT2D eigenvalue weighted by atomic mass is 10.2. The molecular weight excluding hydrogens is 240 g/mol. The Bertz CT molecular complexity index is 386. The van der Waals surface area contributed by atoms with E-state index < -0.39 is 0 Å². The number of hydrogen-bond donors (Lipinski definition) is 1. The van der Waals surface area contributed by atoms with Crippen LogP contribution in [0.1, 0.15) is 19.8 Å². The fourth-order valence-corrected chi connectivity index (χ4v) is 3.16. The Hall–Kier alpha value is -0.460. The third kappa shape index (κ3) is 2.61. The molecule has 0 aliphatic carbocycles. The summed E-state index contributed by atoms with van der Waals surface area (Å²) in [6, 6.07) is 0.557. The van der Waals surface area contributed by atoms with Crippen molar-refractivity contribution in [1.29, 1.82) is 0 Å². The number of aromatic amines is 1. The van der Waals surface area contributed by atoms with Crippen LogP contribution in [0, 0.1) is 3.95 Å². The maximum Gasteiger partial charge on any atom is 0.207 e. The molecule has 0 saturated carbocycles. The standard InChI is InChI=1S/C10H18N4S2/c1-3-8-7-13(2)5-4-6-14(8)9-11-12-10(15)16-9/h8H,3-7H2,1-2H3,(H,12,15). The summed E-state index contributed by atoms with van der Waals surface area (Å²) in [5.74, 6) is 0. The number of hydrogen-bond acceptors (Lipinski definition) is 5. The van der Waals surface area contributed by atoms with Crippen molar-refractivity contribution in [3.8, 4) is 0 Å². The first kappa shape index (κ1) is 12.0. The average Bonchev–Trinajstić information content (AvgIpc) is 2.58. The Morgan fingerprint density at radius 2 is 2.38 bits per heavy atom. The molecule has 4 nitrogen and oxygen atoms in total. The molecule has 1 aliphatic heterocycles. The van der Waals surface area contributed by atoms with Gasteiger partial charge in [0.2, 0.25) is 5.13 Å². The van der Waals surface area contributed by atoms with E-state index in [0.29, 0.717) is 6.04 Å². The number of anilines is 1. The highest BCUT2D eigenvalue weighted by molar-refractivity contribution is 7.73. The molecule has 1 atom stereocenters. The first-order valence-electron chi connectivity index (χ1n) is 5.71. The molecule has 0 spiro atoms. The molecule has 0 radical (unpaired) electrons. The number of rotatable bonds is 2.